The molecule has 0 aromatic heterocycles. The predicted octanol–water partition coefficient (Wildman–Crippen LogP) is 2.37. The highest BCUT2D eigenvalue weighted by Gasteiger charge is 2.14. The first-order valence-electron chi connectivity index (χ1n) is 7.43. The third-order valence-corrected chi connectivity index (χ3v) is 3.88. The lowest BCUT2D eigenvalue weighted by Gasteiger charge is -2.16. The van der Waals surface area contributed by atoms with Gasteiger partial charge in [0.1, 0.15) is 12.1 Å². The lowest BCUT2D eigenvalue weighted by Crippen LogP contribution is -2.32. The highest BCUT2D eigenvalue weighted by atomic mass is 32.2. The van der Waals surface area contributed by atoms with Crippen molar-refractivity contribution >= 4 is 33.0 Å². The van der Waals surface area contributed by atoms with Gasteiger partial charge in [0, 0.05) is 11.4 Å². The molecular weight excluding hydrogens is 340 g/mol. The molecule has 3 N–H and O–H groups in total. The number of para-hydroxylation sites is 1. The monoisotopic (exact) mass is 358 g/mol. The van der Waals surface area contributed by atoms with Crippen molar-refractivity contribution in [2.75, 3.05) is 21.6 Å². The largest absolute Gasteiger partial charge is 0.374 e. The van der Waals surface area contributed by atoms with Crippen LogP contribution in [0, 0.1) is 11.3 Å². The molecular formula is C17H18N4O3S. The van der Waals surface area contributed by atoms with Crippen molar-refractivity contribution in [1.82, 2.24) is 0 Å². The summed E-state index contributed by atoms with van der Waals surface area (Å²) < 4.78 is 24.7. The number of nitrogens with zero attached hydrogens (tertiary/aromatic N) is 1. The molecule has 0 saturated heterocycles. The van der Waals surface area contributed by atoms with Crippen LogP contribution in [0.1, 0.15) is 12.5 Å². The Morgan fingerprint density at radius 1 is 1.08 bits per heavy atom. The molecule has 0 unspecified atom stereocenters. The van der Waals surface area contributed by atoms with Crippen LogP contribution in [0.5, 0.6) is 0 Å². The van der Waals surface area contributed by atoms with E-state index in [9.17, 15) is 13.2 Å². The van der Waals surface area contributed by atoms with E-state index in [1.807, 2.05) is 6.07 Å². The van der Waals surface area contributed by atoms with Gasteiger partial charge in [0.05, 0.1) is 17.5 Å². The van der Waals surface area contributed by atoms with Crippen molar-refractivity contribution in [3.8, 4) is 6.07 Å². The summed E-state index contributed by atoms with van der Waals surface area (Å²) in [5, 5.41) is 14.8. The van der Waals surface area contributed by atoms with Crippen molar-refractivity contribution in [1.29, 1.82) is 5.26 Å². The van der Waals surface area contributed by atoms with Gasteiger partial charge in [0.2, 0.25) is 15.9 Å². The molecule has 2 rings (SSSR count). The van der Waals surface area contributed by atoms with Crippen LogP contribution in [0.25, 0.3) is 0 Å². The molecule has 0 spiro atoms. The van der Waals surface area contributed by atoms with Gasteiger partial charge in [-0.25, -0.2) is 8.42 Å². The number of anilines is 3. The number of hydrogen-bond acceptors (Lipinski definition) is 5. The molecule has 25 heavy (non-hydrogen) atoms. The lowest BCUT2D eigenvalue weighted by atomic mass is 10.2. The van der Waals surface area contributed by atoms with E-state index in [0.717, 1.165) is 6.26 Å². The molecule has 130 valence electrons. The smallest absolute Gasteiger partial charge is 0.246 e. The molecule has 0 fully saturated rings. The standard InChI is InChI=1S/C17H18N4O3S/c1-12(17(22)20-16-6-4-3-5-13(16)11-18)19-14-7-9-15(10-8-14)21-25(2,23)24/h3-10,12,19,21H,1-2H3,(H,20,22)/t12-/m1/s1. The van der Waals surface area contributed by atoms with E-state index < -0.39 is 16.1 Å². The molecule has 1 amide bonds. The molecule has 2 aromatic rings. The van der Waals surface area contributed by atoms with Crippen LogP contribution in [0.2, 0.25) is 0 Å². The maximum Gasteiger partial charge on any atom is 0.246 e. The number of amides is 1. The second-order valence-corrected chi connectivity index (χ2v) is 7.21. The molecule has 2 aromatic carbocycles. The third kappa shape index (κ3) is 5.51. The average molecular weight is 358 g/mol. The van der Waals surface area contributed by atoms with E-state index in [0.29, 0.717) is 22.6 Å². The van der Waals surface area contributed by atoms with E-state index in [4.69, 9.17) is 5.26 Å². The van der Waals surface area contributed by atoms with Crippen molar-refractivity contribution in [3.63, 3.8) is 0 Å². The second kappa shape index (κ2) is 7.68. The summed E-state index contributed by atoms with van der Waals surface area (Å²) in [6.45, 7) is 1.69. The molecule has 0 aliphatic heterocycles. The maximum absolute atomic E-state index is 12.3. The number of hydrogen-bond donors (Lipinski definition) is 3. The first-order valence-corrected chi connectivity index (χ1v) is 9.32. The molecule has 8 heteroatoms. The zero-order valence-corrected chi connectivity index (χ0v) is 14.6. The minimum absolute atomic E-state index is 0.291. The van der Waals surface area contributed by atoms with Crippen LogP contribution in [0.15, 0.2) is 48.5 Å². The number of benzene rings is 2. The second-order valence-electron chi connectivity index (χ2n) is 5.46. The van der Waals surface area contributed by atoms with Crippen LogP contribution in [0.4, 0.5) is 17.1 Å². The molecule has 0 bridgehead atoms. The number of carbonyl (C=O) groups is 1. The first kappa shape index (κ1) is 18.3. The van der Waals surface area contributed by atoms with Crippen LogP contribution < -0.4 is 15.4 Å². The van der Waals surface area contributed by atoms with Crippen LogP contribution in [-0.2, 0) is 14.8 Å². The average Bonchev–Trinajstić information content (AvgIpc) is 2.55. The van der Waals surface area contributed by atoms with Crippen molar-refractivity contribution < 1.29 is 13.2 Å². The normalized spacial score (nSPS) is 11.9. The van der Waals surface area contributed by atoms with Crippen LogP contribution >= 0.6 is 0 Å². The van der Waals surface area contributed by atoms with Gasteiger partial charge in [-0.3, -0.25) is 9.52 Å². The van der Waals surface area contributed by atoms with Gasteiger partial charge in [0.25, 0.3) is 0 Å². The Bertz CT molecular complexity index is 902. The molecule has 0 heterocycles. The van der Waals surface area contributed by atoms with Crippen molar-refractivity contribution in [2.24, 2.45) is 0 Å². The summed E-state index contributed by atoms with van der Waals surface area (Å²) in [6, 6.07) is 14.7. The number of rotatable bonds is 6. The zero-order chi connectivity index (χ0) is 18.4. The molecule has 0 saturated carbocycles. The maximum atomic E-state index is 12.3. The van der Waals surface area contributed by atoms with Gasteiger partial charge in [-0.2, -0.15) is 5.26 Å². The van der Waals surface area contributed by atoms with E-state index in [2.05, 4.69) is 15.4 Å². The Morgan fingerprint density at radius 2 is 1.68 bits per heavy atom. The number of nitriles is 1. The summed E-state index contributed by atoms with van der Waals surface area (Å²) in [4.78, 5) is 12.3. The van der Waals surface area contributed by atoms with Gasteiger partial charge in [0.15, 0.2) is 0 Å². The summed E-state index contributed by atoms with van der Waals surface area (Å²) >= 11 is 0. The Labute approximate surface area is 146 Å². The number of carbonyl (C=O) groups excluding carboxylic acids is 1. The van der Waals surface area contributed by atoms with Gasteiger partial charge in [-0.15, -0.1) is 0 Å². The van der Waals surface area contributed by atoms with E-state index in [-0.39, 0.29) is 5.91 Å². The number of nitrogens with one attached hydrogen (secondary N) is 3. The fourth-order valence-electron chi connectivity index (χ4n) is 2.09. The van der Waals surface area contributed by atoms with Crippen LogP contribution in [0.3, 0.4) is 0 Å². The SMILES string of the molecule is C[C@@H](Nc1ccc(NS(C)(=O)=O)cc1)C(=O)Nc1ccccc1C#N. The summed E-state index contributed by atoms with van der Waals surface area (Å²) in [5.41, 5.74) is 1.94. The highest BCUT2D eigenvalue weighted by molar-refractivity contribution is 7.92. The molecule has 7 nitrogen and oxygen atoms in total. The fourth-order valence-corrected chi connectivity index (χ4v) is 2.66. The van der Waals surface area contributed by atoms with E-state index in [1.165, 1.54) is 0 Å². The van der Waals surface area contributed by atoms with Gasteiger partial charge in [-0.05, 0) is 43.3 Å². The van der Waals surface area contributed by atoms with Gasteiger partial charge < -0.3 is 10.6 Å². The molecule has 0 aliphatic rings. The number of sulfonamides is 1. The Balaban J connectivity index is 2.00. The summed E-state index contributed by atoms with van der Waals surface area (Å²) in [7, 11) is -3.33. The Morgan fingerprint density at radius 3 is 2.28 bits per heavy atom. The Hall–Kier alpha value is -3.05. The Kier molecular flexibility index (Phi) is 5.62. The fraction of sp³-hybridized carbons (Fsp3) is 0.176. The minimum Gasteiger partial charge on any atom is -0.374 e. The zero-order valence-electron chi connectivity index (χ0n) is 13.8. The topological polar surface area (TPSA) is 111 Å². The third-order valence-electron chi connectivity index (χ3n) is 3.27. The van der Waals surface area contributed by atoms with Crippen molar-refractivity contribution in [3.05, 3.63) is 54.1 Å². The minimum atomic E-state index is -3.33. The molecule has 1 atom stereocenters. The summed E-state index contributed by atoms with van der Waals surface area (Å²) in [6.07, 6.45) is 1.07. The van der Waals surface area contributed by atoms with Crippen LogP contribution in [-0.4, -0.2) is 26.6 Å². The van der Waals surface area contributed by atoms with Gasteiger partial charge >= 0.3 is 0 Å². The summed E-state index contributed by atoms with van der Waals surface area (Å²) in [5.74, 6) is -0.291. The highest BCUT2D eigenvalue weighted by Crippen LogP contribution is 2.17. The van der Waals surface area contributed by atoms with E-state index in [1.54, 1.807) is 55.5 Å². The molecule has 0 aliphatic carbocycles. The predicted molar refractivity (Wildman–Crippen MR) is 97.8 cm³/mol. The van der Waals surface area contributed by atoms with Crippen molar-refractivity contribution in [2.45, 2.75) is 13.0 Å². The lowest BCUT2D eigenvalue weighted by molar-refractivity contribution is -0.116. The van der Waals surface area contributed by atoms with Gasteiger partial charge in [-0.1, -0.05) is 12.1 Å². The first-order chi connectivity index (χ1) is 11.8. The van der Waals surface area contributed by atoms with E-state index >= 15 is 0 Å². The quantitative estimate of drug-likeness (QED) is 0.734. The molecule has 0 radical (unpaired) electrons.